The molecule has 2 heteroatoms. The lowest BCUT2D eigenvalue weighted by Crippen LogP contribution is -2.02. The Morgan fingerprint density at radius 3 is 2.44 bits per heavy atom. The van der Waals surface area contributed by atoms with Crippen LogP contribution in [0.1, 0.15) is 24.5 Å². The number of benzene rings is 1. The van der Waals surface area contributed by atoms with Crippen molar-refractivity contribution in [1.82, 2.24) is 0 Å². The summed E-state index contributed by atoms with van der Waals surface area (Å²) in [5, 5.41) is 0.189. The van der Waals surface area contributed by atoms with Gasteiger partial charge in [-0.3, -0.25) is 4.79 Å². The molecule has 0 N–H and O–H groups in total. The zero-order valence-corrected chi connectivity index (χ0v) is 10.5. The Morgan fingerprint density at radius 1 is 1.31 bits per heavy atom. The van der Waals surface area contributed by atoms with E-state index >= 15 is 0 Å². The van der Waals surface area contributed by atoms with Crippen LogP contribution in [0.4, 0.5) is 0 Å². The first kappa shape index (κ1) is 13.0. The van der Waals surface area contributed by atoms with Gasteiger partial charge in [0.15, 0.2) is 5.62 Å². The number of thioether (sulfide) groups is 1. The quantitative estimate of drug-likeness (QED) is 0.529. The minimum atomic E-state index is 0.189. The minimum Gasteiger partial charge on any atom is -0.291 e. The molecule has 16 heavy (non-hydrogen) atoms. The number of carbonyl (C=O) groups is 1. The zero-order valence-electron chi connectivity index (χ0n) is 9.69. The lowest BCUT2D eigenvalue weighted by atomic mass is 10.0. The zero-order chi connectivity index (χ0) is 11.8. The van der Waals surface area contributed by atoms with Crippen LogP contribution in [-0.4, -0.2) is 10.9 Å². The maximum Gasteiger partial charge on any atom is 0.176 e. The summed E-state index contributed by atoms with van der Waals surface area (Å²) in [5.74, 6) is 0. The van der Waals surface area contributed by atoms with Gasteiger partial charge in [-0.15, -0.1) is 6.58 Å². The molecule has 0 saturated carbocycles. The average molecular weight is 234 g/mol. The van der Waals surface area contributed by atoms with Gasteiger partial charge in [-0.1, -0.05) is 55.4 Å². The highest BCUT2D eigenvalue weighted by Crippen LogP contribution is 2.16. The van der Waals surface area contributed by atoms with E-state index in [1.165, 1.54) is 29.3 Å². The number of carbonyl (C=O) groups excluding carboxylic acids is 1. The largest absolute Gasteiger partial charge is 0.291 e. The summed E-state index contributed by atoms with van der Waals surface area (Å²) in [4.78, 5) is 10.4. The summed E-state index contributed by atoms with van der Waals surface area (Å²) in [6.45, 7) is 5.93. The summed E-state index contributed by atoms with van der Waals surface area (Å²) in [5.41, 5.74) is 3.53. The van der Waals surface area contributed by atoms with Crippen molar-refractivity contribution in [3.05, 3.63) is 48.0 Å². The maximum atomic E-state index is 10.4. The molecule has 86 valence electrons. The molecule has 1 nitrogen and oxygen atoms in total. The average Bonchev–Trinajstić information content (AvgIpc) is 2.31. The van der Waals surface area contributed by atoms with Gasteiger partial charge in [0, 0.05) is 5.25 Å². The summed E-state index contributed by atoms with van der Waals surface area (Å²) in [7, 11) is 0. The molecule has 1 unspecified atom stereocenters. The van der Waals surface area contributed by atoms with E-state index < -0.39 is 0 Å². The monoisotopic (exact) mass is 234 g/mol. The van der Waals surface area contributed by atoms with E-state index in [4.69, 9.17) is 0 Å². The first-order chi connectivity index (χ1) is 7.80. The van der Waals surface area contributed by atoms with Crippen molar-refractivity contribution in [2.75, 3.05) is 0 Å². The van der Waals surface area contributed by atoms with Crippen LogP contribution in [0.2, 0.25) is 0 Å². The summed E-state index contributed by atoms with van der Waals surface area (Å²) in [6, 6.07) is 8.63. The molecule has 0 aliphatic carbocycles. The van der Waals surface area contributed by atoms with Gasteiger partial charge in [-0.2, -0.15) is 0 Å². The first-order valence-electron chi connectivity index (χ1n) is 5.59. The normalized spacial score (nSPS) is 12.1. The van der Waals surface area contributed by atoms with E-state index in [0.717, 1.165) is 18.5 Å². The van der Waals surface area contributed by atoms with Gasteiger partial charge in [0.25, 0.3) is 0 Å². The molecule has 0 fully saturated rings. The van der Waals surface area contributed by atoms with E-state index in [0.29, 0.717) is 0 Å². The second-order valence-corrected chi connectivity index (χ2v) is 4.85. The molecule has 0 amide bonds. The van der Waals surface area contributed by atoms with Crippen LogP contribution in [0.3, 0.4) is 0 Å². The van der Waals surface area contributed by atoms with Crippen LogP contribution in [0, 0.1) is 0 Å². The first-order valence-corrected chi connectivity index (χ1v) is 6.54. The minimum absolute atomic E-state index is 0.189. The molecule has 0 saturated heterocycles. The third kappa shape index (κ3) is 4.23. The van der Waals surface area contributed by atoms with E-state index in [1.54, 1.807) is 0 Å². The van der Waals surface area contributed by atoms with Crippen molar-refractivity contribution in [1.29, 1.82) is 0 Å². The molecule has 1 aromatic carbocycles. The smallest absolute Gasteiger partial charge is 0.176 e. The van der Waals surface area contributed by atoms with Gasteiger partial charge in [-0.05, 0) is 24.0 Å². The van der Waals surface area contributed by atoms with Gasteiger partial charge in [0.05, 0.1) is 0 Å². The van der Waals surface area contributed by atoms with E-state index in [-0.39, 0.29) is 5.25 Å². The van der Waals surface area contributed by atoms with Gasteiger partial charge >= 0.3 is 0 Å². The second-order valence-electron chi connectivity index (χ2n) is 3.78. The molecule has 0 aliphatic rings. The maximum absolute atomic E-state index is 10.4. The van der Waals surface area contributed by atoms with Gasteiger partial charge < -0.3 is 0 Å². The Kier molecular flexibility index (Phi) is 5.94. The van der Waals surface area contributed by atoms with Crippen molar-refractivity contribution in [2.45, 2.75) is 31.4 Å². The van der Waals surface area contributed by atoms with Crippen molar-refractivity contribution >= 4 is 17.4 Å². The Labute approximate surface area is 102 Å². The summed E-state index contributed by atoms with van der Waals surface area (Å²) < 4.78 is 0. The molecular weight excluding hydrogens is 216 g/mol. The molecule has 0 radical (unpaired) electrons. The topological polar surface area (TPSA) is 17.1 Å². The Morgan fingerprint density at radius 2 is 1.94 bits per heavy atom. The fourth-order valence-electron chi connectivity index (χ4n) is 1.62. The third-order valence-electron chi connectivity index (χ3n) is 2.49. The van der Waals surface area contributed by atoms with E-state index in [2.05, 4.69) is 37.8 Å². The van der Waals surface area contributed by atoms with Crippen LogP contribution < -0.4 is 0 Å². The fourth-order valence-corrected chi connectivity index (χ4v) is 2.16. The van der Waals surface area contributed by atoms with Gasteiger partial charge in [0.2, 0.25) is 0 Å². The molecular formula is C14H18OS. The van der Waals surface area contributed by atoms with Crippen molar-refractivity contribution < 1.29 is 4.79 Å². The van der Waals surface area contributed by atoms with Gasteiger partial charge in [0.1, 0.15) is 0 Å². The number of hydrogen-bond donors (Lipinski definition) is 0. The van der Waals surface area contributed by atoms with Gasteiger partial charge in [-0.25, -0.2) is 0 Å². The molecule has 1 rings (SSSR count). The summed E-state index contributed by atoms with van der Waals surface area (Å²) >= 11 is 1.29. The lowest BCUT2D eigenvalue weighted by molar-refractivity contribution is 0.570. The van der Waals surface area contributed by atoms with Crippen LogP contribution in [0.15, 0.2) is 36.9 Å². The third-order valence-corrected chi connectivity index (χ3v) is 3.31. The molecule has 1 aromatic rings. The fraction of sp³-hybridized carbons (Fsp3) is 0.357. The van der Waals surface area contributed by atoms with Crippen molar-refractivity contribution in [3.63, 3.8) is 0 Å². The van der Waals surface area contributed by atoms with Crippen LogP contribution >= 0.6 is 11.8 Å². The highest BCUT2D eigenvalue weighted by molar-refractivity contribution is 8.12. The van der Waals surface area contributed by atoms with Crippen molar-refractivity contribution in [2.24, 2.45) is 0 Å². The molecule has 1 atom stereocenters. The number of rotatable bonds is 7. The highest BCUT2D eigenvalue weighted by Gasteiger charge is 2.05. The molecule has 0 aliphatic heterocycles. The molecule has 0 bridgehead atoms. The van der Waals surface area contributed by atoms with E-state index in [9.17, 15) is 4.79 Å². The molecule has 0 aromatic heterocycles. The standard InChI is InChI=1S/C14H18OS/c1-3-5-12-6-8-13(9-7-12)10-14(4-2)16-11-15/h4,6-9,11,14H,2-3,5,10H2,1H3. The number of aryl methyl sites for hydroxylation is 1. The predicted molar refractivity (Wildman–Crippen MR) is 72.5 cm³/mol. The van der Waals surface area contributed by atoms with Crippen molar-refractivity contribution in [3.8, 4) is 0 Å². The summed E-state index contributed by atoms with van der Waals surface area (Å²) in [6.07, 6.45) is 5.02. The second kappa shape index (κ2) is 7.29. The Bertz CT molecular complexity index is 329. The van der Waals surface area contributed by atoms with Crippen LogP contribution in [0.25, 0.3) is 0 Å². The Hall–Kier alpha value is -1.02. The Balaban J connectivity index is 2.59. The number of hydrogen-bond acceptors (Lipinski definition) is 2. The van der Waals surface area contributed by atoms with Crippen LogP contribution in [-0.2, 0) is 17.6 Å². The SMILES string of the molecule is C=CC(Cc1ccc(CCC)cc1)SC=O. The lowest BCUT2D eigenvalue weighted by Gasteiger charge is -2.08. The van der Waals surface area contributed by atoms with E-state index in [1.807, 2.05) is 6.08 Å². The van der Waals surface area contributed by atoms with Crippen LogP contribution in [0.5, 0.6) is 0 Å². The molecule has 0 heterocycles. The molecule has 0 spiro atoms. The predicted octanol–water partition coefficient (Wildman–Crippen LogP) is 3.66. The highest BCUT2D eigenvalue weighted by atomic mass is 32.2.